The Balaban J connectivity index is 1.78. The molecule has 0 fully saturated rings. The first kappa shape index (κ1) is 24.4. The molecule has 1 unspecified atom stereocenters. The number of carbonyl (C=O) groups excluding carboxylic acids is 4. The van der Waals surface area contributed by atoms with E-state index in [0.717, 1.165) is 17.7 Å². The monoisotopic (exact) mass is 447 g/mol. The number of carbonyl (C=O) groups is 4. The molecule has 2 aromatic rings. The van der Waals surface area contributed by atoms with Gasteiger partial charge in [-0.25, -0.2) is 8.78 Å². The van der Waals surface area contributed by atoms with Gasteiger partial charge in [0, 0.05) is 18.7 Å². The Morgan fingerprint density at radius 1 is 0.969 bits per heavy atom. The second kappa shape index (κ2) is 11.5. The lowest BCUT2D eigenvalue weighted by Crippen LogP contribution is -2.36. The van der Waals surface area contributed by atoms with E-state index in [1.165, 1.54) is 13.0 Å². The van der Waals surface area contributed by atoms with Crippen molar-refractivity contribution in [3.05, 3.63) is 65.2 Å². The number of aryl methyl sites for hydroxylation is 1. The first-order chi connectivity index (χ1) is 15.1. The second-order valence-electron chi connectivity index (χ2n) is 6.98. The minimum absolute atomic E-state index is 0.0229. The van der Waals surface area contributed by atoms with Crippen LogP contribution < -0.4 is 16.0 Å². The van der Waals surface area contributed by atoms with E-state index in [4.69, 9.17) is 4.74 Å². The highest BCUT2D eigenvalue weighted by molar-refractivity contribution is 5.94. The van der Waals surface area contributed by atoms with Crippen LogP contribution in [0.25, 0.3) is 0 Å². The summed E-state index contributed by atoms with van der Waals surface area (Å²) >= 11 is 0. The molecule has 3 amide bonds. The number of hydrogen-bond donors (Lipinski definition) is 3. The molecule has 10 heteroatoms. The highest BCUT2D eigenvalue weighted by Gasteiger charge is 2.19. The van der Waals surface area contributed by atoms with Crippen LogP contribution in [0.4, 0.5) is 14.5 Å². The Morgan fingerprint density at radius 3 is 2.28 bits per heavy atom. The van der Waals surface area contributed by atoms with Gasteiger partial charge in [0.2, 0.25) is 11.8 Å². The highest BCUT2D eigenvalue weighted by atomic mass is 19.2. The Kier molecular flexibility index (Phi) is 8.82. The van der Waals surface area contributed by atoms with Crippen molar-refractivity contribution in [2.24, 2.45) is 0 Å². The van der Waals surface area contributed by atoms with Crippen LogP contribution in [0.2, 0.25) is 0 Å². The molecule has 3 N–H and O–H groups in total. The number of hydrogen-bond acceptors (Lipinski definition) is 5. The van der Waals surface area contributed by atoms with Gasteiger partial charge in [0.15, 0.2) is 18.2 Å². The minimum atomic E-state index is -1.12. The van der Waals surface area contributed by atoms with Gasteiger partial charge in [0.1, 0.15) is 0 Å². The van der Waals surface area contributed by atoms with Crippen molar-refractivity contribution in [3.63, 3.8) is 0 Å². The average Bonchev–Trinajstić information content (AvgIpc) is 2.73. The number of rotatable bonds is 9. The number of amides is 3. The summed E-state index contributed by atoms with van der Waals surface area (Å²) in [6.45, 7) is 2.14. The predicted molar refractivity (Wildman–Crippen MR) is 111 cm³/mol. The zero-order valence-electron chi connectivity index (χ0n) is 17.5. The summed E-state index contributed by atoms with van der Waals surface area (Å²) < 4.78 is 30.9. The lowest BCUT2D eigenvalue weighted by Gasteiger charge is -2.18. The van der Waals surface area contributed by atoms with Crippen molar-refractivity contribution in [1.82, 2.24) is 10.6 Å². The molecule has 0 radical (unpaired) electrons. The van der Waals surface area contributed by atoms with E-state index in [2.05, 4.69) is 16.0 Å². The molecule has 8 nitrogen and oxygen atoms in total. The largest absolute Gasteiger partial charge is 0.456 e. The Labute approximate surface area is 183 Å². The zero-order valence-corrected chi connectivity index (χ0v) is 17.5. The predicted octanol–water partition coefficient (Wildman–Crippen LogP) is 2.14. The van der Waals surface area contributed by atoms with E-state index in [9.17, 15) is 28.0 Å². The van der Waals surface area contributed by atoms with Crippen LogP contribution in [-0.4, -0.2) is 36.8 Å². The van der Waals surface area contributed by atoms with Crippen LogP contribution in [0.15, 0.2) is 42.5 Å². The molecule has 0 aromatic heterocycles. The van der Waals surface area contributed by atoms with Gasteiger partial charge in [-0.1, -0.05) is 29.8 Å². The first-order valence-corrected chi connectivity index (χ1v) is 9.65. The highest BCUT2D eigenvalue weighted by Crippen LogP contribution is 2.18. The van der Waals surface area contributed by atoms with Gasteiger partial charge in [-0.2, -0.15) is 0 Å². The molecule has 2 aromatic carbocycles. The average molecular weight is 447 g/mol. The molecule has 0 spiro atoms. The lowest BCUT2D eigenvalue weighted by atomic mass is 10.0. The van der Waals surface area contributed by atoms with E-state index in [1.807, 2.05) is 19.1 Å². The molecule has 0 aliphatic rings. The summed E-state index contributed by atoms with van der Waals surface area (Å²) in [5.74, 6) is -4.63. The maximum atomic E-state index is 13.1. The molecule has 0 saturated heterocycles. The van der Waals surface area contributed by atoms with Gasteiger partial charge in [0.25, 0.3) is 5.91 Å². The van der Waals surface area contributed by atoms with Gasteiger partial charge in [-0.15, -0.1) is 0 Å². The molecule has 32 heavy (non-hydrogen) atoms. The number of ether oxygens (including phenoxy) is 1. The lowest BCUT2D eigenvalue weighted by molar-refractivity contribution is -0.149. The normalized spacial score (nSPS) is 11.2. The van der Waals surface area contributed by atoms with E-state index < -0.39 is 48.6 Å². The molecule has 2 rings (SSSR count). The zero-order chi connectivity index (χ0) is 23.7. The van der Waals surface area contributed by atoms with Gasteiger partial charge in [0.05, 0.1) is 19.0 Å². The number of benzene rings is 2. The standard InChI is InChI=1S/C22H23F2N3O5/c1-13-3-5-15(6-4-13)19(26-14(2)28)10-22(31)32-12-21(30)25-11-20(29)27-16-7-8-17(23)18(24)9-16/h3-9,19H,10-12H2,1-2H3,(H,25,30)(H,26,28)(H,27,29). The first-order valence-electron chi connectivity index (χ1n) is 9.65. The summed E-state index contributed by atoms with van der Waals surface area (Å²) in [7, 11) is 0. The van der Waals surface area contributed by atoms with Crippen molar-refractivity contribution in [2.75, 3.05) is 18.5 Å². The SMILES string of the molecule is CC(=O)NC(CC(=O)OCC(=O)NCC(=O)Nc1ccc(F)c(F)c1)c1ccc(C)cc1. The van der Waals surface area contributed by atoms with Crippen molar-refractivity contribution in [2.45, 2.75) is 26.3 Å². The van der Waals surface area contributed by atoms with Gasteiger partial charge in [-0.05, 0) is 24.6 Å². The molecule has 1 atom stereocenters. The molecule has 0 heterocycles. The van der Waals surface area contributed by atoms with Crippen LogP contribution in [-0.2, 0) is 23.9 Å². The maximum absolute atomic E-state index is 13.1. The van der Waals surface area contributed by atoms with Crippen molar-refractivity contribution in [3.8, 4) is 0 Å². The van der Waals surface area contributed by atoms with Crippen molar-refractivity contribution < 1.29 is 32.7 Å². The number of nitrogens with one attached hydrogen (secondary N) is 3. The smallest absolute Gasteiger partial charge is 0.308 e. The molecule has 0 aliphatic carbocycles. The van der Waals surface area contributed by atoms with Crippen LogP contribution >= 0.6 is 0 Å². The summed E-state index contributed by atoms with van der Waals surface area (Å²) in [5, 5.41) is 7.19. The quantitative estimate of drug-likeness (QED) is 0.510. The molecular formula is C22H23F2N3O5. The van der Waals surface area contributed by atoms with E-state index >= 15 is 0 Å². The third kappa shape index (κ3) is 8.13. The third-order valence-corrected chi connectivity index (χ3v) is 4.24. The fraction of sp³-hybridized carbons (Fsp3) is 0.273. The third-order valence-electron chi connectivity index (χ3n) is 4.24. The summed E-state index contributed by atoms with van der Waals surface area (Å²) in [6.07, 6.45) is -0.188. The Hall–Kier alpha value is -3.82. The van der Waals surface area contributed by atoms with Crippen LogP contribution in [0.1, 0.15) is 30.5 Å². The Bertz CT molecular complexity index is 996. The molecule has 0 saturated carbocycles. The van der Waals surface area contributed by atoms with E-state index in [0.29, 0.717) is 5.56 Å². The summed E-state index contributed by atoms with van der Waals surface area (Å²) in [4.78, 5) is 47.2. The number of anilines is 1. The van der Waals surface area contributed by atoms with Crippen molar-refractivity contribution >= 4 is 29.4 Å². The second-order valence-corrected chi connectivity index (χ2v) is 6.98. The fourth-order valence-corrected chi connectivity index (χ4v) is 2.68. The summed E-state index contributed by atoms with van der Waals surface area (Å²) in [6, 6.07) is 9.44. The topological polar surface area (TPSA) is 114 Å². The summed E-state index contributed by atoms with van der Waals surface area (Å²) in [5.41, 5.74) is 1.75. The Morgan fingerprint density at radius 2 is 1.66 bits per heavy atom. The van der Waals surface area contributed by atoms with Gasteiger partial charge in [-0.3, -0.25) is 19.2 Å². The van der Waals surface area contributed by atoms with Crippen molar-refractivity contribution in [1.29, 1.82) is 0 Å². The fourth-order valence-electron chi connectivity index (χ4n) is 2.68. The number of esters is 1. The molecule has 0 aliphatic heterocycles. The molecular weight excluding hydrogens is 424 g/mol. The molecule has 170 valence electrons. The van der Waals surface area contributed by atoms with E-state index in [-0.39, 0.29) is 18.0 Å². The van der Waals surface area contributed by atoms with Crippen LogP contribution in [0.3, 0.4) is 0 Å². The molecule has 0 bridgehead atoms. The minimum Gasteiger partial charge on any atom is -0.456 e. The number of halogens is 2. The van der Waals surface area contributed by atoms with Gasteiger partial charge < -0.3 is 20.7 Å². The van der Waals surface area contributed by atoms with Crippen LogP contribution in [0.5, 0.6) is 0 Å². The maximum Gasteiger partial charge on any atom is 0.308 e. The van der Waals surface area contributed by atoms with Gasteiger partial charge >= 0.3 is 5.97 Å². The van der Waals surface area contributed by atoms with E-state index in [1.54, 1.807) is 12.1 Å². The van der Waals surface area contributed by atoms with Crippen LogP contribution in [0, 0.1) is 18.6 Å².